The van der Waals surface area contributed by atoms with Gasteiger partial charge in [0.1, 0.15) is 21.7 Å². The zero-order chi connectivity index (χ0) is 14.7. The molecule has 1 aliphatic carbocycles. The van der Waals surface area contributed by atoms with Gasteiger partial charge in [0.05, 0.1) is 13.2 Å². The van der Waals surface area contributed by atoms with Crippen molar-refractivity contribution in [2.45, 2.75) is 45.6 Å². The standard InChI is InChI=1S/C16H22N2O2S/c1-3-19-12-9-10-13(20-4-2)15-14(12)18-16(21-15)17-11-7-5-6-8-11/h9-11H,3-8H2,1-2H3,(H,17,18). The largest absolute Gasteiger partial charge is 0.492 e. The fourth-order valence-corrected chi connectivity index (χ4v) is 3.83. The molecule has 1 saturated carbocycles. The molecule has 4 nitrogen and oxygen atoms in total. The molecule has 1 heterocycles. The molecule has 1 aliphatic rings. The number of ether oxygens (including phenoxy) is 2. The smallest absolute Gasteiger partial charge is 0.184 e. The minimum absolute atomic E-state index is 0.566. The van der Waals surface area contributed by atoms with Crippen molar-refractivity contribution in [3.63, 3.8) is 0 Å². The first-order valence-electron chi connectivity index (χ1n) is 7.77. The molecule has 0 amide bonds. The van der Waals surface area contributed by atoms with Gasteiger partial charge in [-0.2, -0.15) is 0 Å². The van der Waals surface area contributed by atoms with E-state index in [1.165, 1.54) is 25.7 Å². The van der Waals surface area contributed by atoms with Crippen LogP contribution >= 0.6 is 11.3 Å². The number of nitrogens with one attached hydrogen (secondary N) is 1. The first kappa shape index (κ1) is 14.4. The van der Waals surface area contributed by atoms with Crippen molar-refractivity contribution in [3.8, 4) is 11.5 Å². The van der Waals surface area contributed by atoms with Crippen molar-refractivity contribution in [3.05, 3.63) is 12.1 Å². The first-order chi connectivity index (χ1) is 10.3. The lowest BCUT2D eigenvalue weighted by molar-refractivity contribution is 0.336. The number of benzene rings is 1. The van der Waals surface area contributed by atoms with Crippen LogP contribution in [-0.2, 0) is 0 Å². The van der Waals surface area contributed by atoms with Crippen LogP contribution in [0.15, 0.2) is 12.1 Å². The van der Waals surface area contributed by atoms with E-state index in [-0.39, 0.29) is 0 Å². The Morgan fingerprint density at radius 3 is 2.52 bits per heavy atom. The summed E-state index contributed by atoms with van der Waals surface area (Å²) in [6.07, 6.45) is 5.12. The van der Waals surface area contributed by atoms with Crippen LogP contribution < -0.4 is 14.8 Å². The van der Waals surface area contributed by atoms with Crippen LogP contribution in [0.4, 0.5) is 5.13 Å². The lowest BCUT2D eigenvalue weighted by atomic mass is 10.3. The van der Waals surface area contributed by atoms with Gasteiger partial charge in [0.15, 0.2) is 5.13 Å². The van der Waals surface area contributed by atoms with Gasteiger partial charge in [-0.05, 0) is 38.8 Å². The summed E-state index contributed by atoms with van der Waals surface area (Å²) in [6, 6.07) is 4.50. The van der Waals surface area contributed by atoms with E-state index in [0.29, 0.717) is 19.3 Å². The summed E-state index contributed by atoms with van der Waals surface area (Å²) in [4.78, 5) is 4.74. The van der Waals surface area contributed by atoms with Crippen molar-refractivity contribution >= 4 is 26.7 Å². The van der Waals surface area contributed by atoms with Crippen LogP contribution in [0.5, 0.6) is 11.5 Å². The molecule has 2 aromatic rings. The number of rotatable bonds is 6. The minimum Gasteiger partial charge on any atom is -0.492 e. The Labute approximate surface area is 129 Å². The Balaban J connectivity index is 1.95. The Morgan fingerprint density at radius 1 is 1.14 bits per heavy atom. The number of thiazole rings is 1. The molecule has 0 aliphatic heterocycles. The lowest BCUT2D eigenvalue weighted by Crippen LogP contribution is -2.13. The van der Waals surface area contributed by atoms with Gasteiger partial charge < -0.3 is 14.8 Å². The molecule has 1 N–H and O–H groups in total. The number of fused-ring (bicyclic) bond motifs is 1. The summed E-state index contributed by atoms with van der Waals surface area (Å²) in [5, 5.41) is 4.54. The van der Waals surface area contributed by atoms with Crippen molar-refractivity contribution in [1.29, 1.82) is 0 Å². The molecule has 1 aromatic heterocycles. The van der Waals surface area contributed by atoms with Gasteiger partial charge in [-0.25, -0.2) is 4.98 Å². The van der Waals surface area contributed by atoms with E-state index in [1.807, 2.05) is 26.0 Å². The van der Waals surface area contributed by atoms with Gasteiger partial charge in [-0.15, -0.1) is 0 Å². The highest BCUT2D eigenvalue weighted by Gasteiger charge is 2.19. The molecule has 0 radical (unpaired) electrons. The third kappa shape index (κ3) is 3.07. The van der Waals surface area contributed by atoms with E-state index in [9.17, 15) is 0 Å². The number of nitrogens with zero attached hydrogens (tertiary/aromatic N) is 1. The highest BCUT2D eigenvalue weighted by molar-refractivity contribution is 7.22. The third-order valence-electron chi connectivity index (χ3n) is 3.75. The van der Waals surface area contributed by atoms with E-state index in [1.54, 1.807) is 11.3 Å². The molecule has 0 atom stereocenters. The number of hydrogen-bond acceptors (Lipinski definition) is 5. The first-order valence-corrected chi connectivity index (χ1v) is 8.59. The summed E-state index contributed by atoms with van der Waals surface area (Å²) < 4.78 is 12.5. The highest BCUT2D eigenvalue weighted by atomic mass is 32.1. The molecule has 1 aromatic carbocycles. The Bertz CT molecular complexity index is 563. The van der Waals surface area contributed by atoms with E-state index in [2.05, 4.69) is 5.32 Å². The molecule has 0 unspecified atom stereocenters. The molecular weight excluding hydrogens is 284 g/mol. The maximum Gasteiger partial charge on any atom is 0.184 e. The Morgan fingerprint density at radius 2 is 1.81 bits per heavy atom. The van der Waals surface area contributed by atoms with Crippen molar-refractivity contribution < 1.29 is 9.47 Å². The second-order valence-electron chi connectivity index (χ2n) is 5.25. The van der Waals surface area contributed by atoms with Gasteiger partial charge in [-0.3, -0.25) is 0 Å². The maximum atomic E-state index is 5.72. The van der Waals surface area contributed by atoms with Gasteiger partial charge >= 0.3 is 0 Å². The topological polar surface area (TPSA) is 43.4 Å². The molecule has 3 rings (SSSR count). The van der Waals surface area contributed by atoms with E-state index in [4.69, 9.17) is 14.5 Å². The number of hydrogen-bond donors (Lipinski definition) is 1. The summed E-state index contributed by atoms with van der Waals surface area (Å²) in [6.45, 7) is 5.30. The summed E-state index contributed by atoms with van der Waals surface area (Å²) in [5.41, 5.74) is 0.910. The van der Waals surface area contributed by atoms with Crippen molar-refractivity contribution in [2.24, 2.45) is 0 Å². The maximum absolute atomic E-state index is 5.72. The number of anilines is 1. The van der Waals surface area contributed by atoms with Crippen LogP contribution in [0.1, 0.15) is 39.5 Å². The molecule has 114 valence electrons. The molecule has 0 spiro atoms. The zero-order valence-electron chi connectivity index (χ0n) is 12.6. The fourth-order valence-electron chi connectivity index (χ4n) is 2.81. The molecular formula is C16H22N2O2S. The Hall–Kier alpha value is -1.49. The highest BCUT2D eigenvalue weighted by Crippen LogP contribution is 2.39. The average Bonchev–Trinajstić information content (AvgIpc) is 3.12. The lowest BCUT2D eigenvalue weighted by Gasteiger charge is -2.09. The number of aromatic nitrogens is 1. The third-order valence-corrected chi connectivity index (χ3v) is 4.75. The monoisotopic (exact) mass is 306 g/mol. The normalized spacial score (nSPS) is 15.5. The van der Waals surface area contributed by atoms with Crippen molar-refractivity contribution in [2.75, 3.05) is 18.5 Å². The minimum atomic E-state index is 0.566. The molecule has 0 bridgehead atoms. The van der Waals surface area contributed by atoms with Gasteiger partial charge in [-0.1, -0.05) is 24.2 Å². The van der Waals surface area contributed by atoms with Crippen LogP contribution in [0.2, 0.25) is 0 Å². The van der Waals surface area contributed by atoms with Crippen LogP contribution in [0, 0.1) is 0 Å². The quantitative estimate of drug-likeness (QED) is 0.856. The van der Waals surface area contributed by atoms with Gasteiger partial charge in [0.2, 0.25) is 0 Å². The van der Waals surface area contributed by atoms with Crippen LogP contribution in [-0.4, -0.2) is 24.2 Å². The van der Waals surface area contributed by atoms with E-state index in [0.717, 1.165) is 26.8 Å². The second kappa shape index (κ2) is 6.52. The molecule has 5 heteroatoms. The van der Waals surface area contributed by atoms with Crippen LogP contribution in [0.25, 0.3) is 10.2 Å². The SMILES string of the molecule is CCOc1ccc(OCC)c2sc(NC3CCCC3)nc12. The predicted octanol–water partition coefficient (Wildman–Crippen LogP) is 4.45. The van der Waals surface area contributed by atoms with E-state index >= 15 is 0 Å². The summed E-state index contributed by atoms with van der Waals surface area (Å²) >= 11 is 1.66. The fraction of sp³-hybridized carbons (Fsp3) is 0.562. The average molecular weight is 306 g/mol. The van der Waals surface area contributed by atoms with Gasteiger partial charge in [0.25, 0.3) is 0 Å². The molecule has 0 saturated heterocycles. The molecule has 1 fully saturated rings. The van der Waals surface area contributed by atoms with Crippen LogP contribution in [0.3, 0.4) is 0 Å². The molecule has 21 heavy (non-hydrogen) atoms. The zero-order valence-corrected chi connectivity index (χ0v) is 13.5. The second-order valence-corrected chi connectivity index (χ2v) is 6.25. The van der Waals surface area contributed by atoms with Gasteiger partial charge in [0, 0.05) is 6.04 Å². The van der Waals surface area contributed by atoms with Crippen molar-refractivity contribution in [1.82, 2.24) is 4.98 Å². The predicted molar refractivity (Wildman–Crippen MR) is 87.8 cm³/mol. The Kier molecular flexibility index (Phi) is 4.48. The summed E-state index contributed by atoms with van der Waals surface area (Å²) in [5.74, 6) is 1.74. The van der Waals surface area contributed by atoms with E-state index < -0.39 is 0 Å². The summed E-state index contributed by atoms with van der Waals surface area (Å²) in [7, 11) is 0.